The maximum atomic E-state index is 12.0. The number of H-pyrrole nitrogens is 1. The van der Waals surface area contributed by atoms with Gasteiger partial charge in [0.25, 0.3) is 5.56 Å². The molecule has 3 aromatic rings. The van der Waals surface area contributed by atoms with E-state index in [0.717, 1.165) is 11.3 Å². The molecule has 5 heteroatoms. The predicted octanol–water partition coefficient (Wildman–Crippen LogP) is 3.50. The first-order valence-electron chi connectivity index (χ1n) is 6.61. The van der Waals surface area contributed by atoms with E-state index < -0.39 is 0 Å². The van der Waals surface area contributed by atoms with Crippen LogP contribution < -0.4 is 10.9 Å². The van der Waals surface area contributed by atoms with Crippen LogP contribution in [0.3, 0.4) is 0 Å². The number of fused-ring (bicyclic) bond motifs is 1. The van der Waals surface area contributed by atoms with Gasteiger partial charge in [-0.15, -0.1) is 0 Å². The molecule has 0 bridgehead atoms. The lowest BCUT2D eigenvalue weighted by molar-refractivity contribution is 0.953. The third-order valence-corrected chi connectivity index (χ3v) is 3.55. The summed E-state index contributed by atoms with van der Waals surface area (Å²) in [7, 11) is 0. The van der Waals surface area contributed by atoms with Gasteiger partial charge in [0.15, 0.2) is 0 Å². The summed E-state index contributed by atoms with van der Waals surface area (Å²) in [5.41, 5.74) is 2.47. The predicted molar refractivity (Wildman–Crippen MR) is 85.9 cm³/mol. The summed E-state index contributed by atoms with van der Waals surface area (Å²) < 4.78 is 0. The molecule has 0 aliphatic carbocycles. The van der Waals surface area contributed by atoms with Crippen LogP contribution in [0.4, 0.5) is 5.69 Å². The molecule has 0 radical (unpaired) electrons. The van der Waals surface area contributed by atoms with Crippen molar-refractivity contribution in [2.45, 2.75) is 13.5 Å². The van der Waals surface area contributed by atoms with Crippen LogP contribution in [0.5, 0.6) is 0 Å². The minimum atomic E-state index is -0.132. The Morgan fingerprint density at radius 3 is 2.86 bits per heavy atom. The van der Waals surface area contributed by atoms with Crippen LogP contribution in [-0.4, -0.2) is 9.97 Å². The number of nitrogens with zero attached hydrogens (tertiary/aromatic N) is 1. The van der Waals surface area contributed by atoms with Gasteiger partial charge in [-0.1, -0.05) is 29.8 Å². The summed E-state index contributed by atoms with van der Waals surface area (Å²) in [4.78, 5) is 19.2. The normalized spacial score (nSPS) is 10.8. The quantitative estimate of drug-likeness (QED) is 0.778. The van der Waals surface area contributed by atoms with Crippen molar-refractivity contribution < 1.29 is 0 Å². The Labute approximate surface area is 126 Å². The van der Waals surface area contributed by atoms with Crippen molar-refractivity contribution in [1.82, 2.24) is 9.97 Å². The smallest absolute Gasteiger partial charge is 0.258 e. The topological polar surface area (TPSA) is 57.8 Å². The third kappa shape index (κ3) is 2.90. The Morgan fingerprint density at radius 1 is 1.24 bits per heavy atom. The Bertz CT molecular complexity index is 858. The van der Waals surface area contributed by atoms with E-state index in [4.69, 9.17) is 11.6 Å². The number of halogens is 1. The van der Waals surface area contributed by atoms with Crippen LogP contribution in [0, 0.1) is 6.92 Å². The zero-order valence-electron chi connectivity index (χ0n) is 11.5. The van der Waals surface area contributed by atoms with E-state index in [1.807, 2.05) is 43.3 Å². The SMILES string of the molecule is Cc1ccc(NCc2nc3ccccc3c(=O)[nH]2)c(Cl)c1. The van der Waals surface area contributed by atoms with Crippen LogP contribution in [0.2, 0.25) is 5.02 Å². The van der Waals surface area contributed by atoms with Crippen molar-refractivity contribution in [3.05, 3.63) is 69.2 Å². The molecule has 0 atom stereocenters. The summed E-state index contributed by atoms with van der Waals surface area (Å²) in [6.45, 7) is 2.39. The number of aromatic nitrogens is 2. The first-order chi connectivity index (χ1) is 10.1. The van der Waals surface area contributed by atoms with Crippen LogP contribution in [0.1, 0.15) is 11.4 Å². The van der Waals surface area contributed by atoms with E-state index in [1.54, 1.807) is 6.07 Å². The van der Waals surface area contributed by atoms with E-state index in [0.29, 0.717) is 28.3 Å². The van der Waals surface area contributed by atoms with Gasteiger partial charge in [0.2, 0.25) is 0 Å². The van der Waals surface area contributed by atoms with Gasteiger partial charge in [-0.3, -0.25) is 4.79 Å². The molecule has 0 spiro atoms. The van der Waals surface area contributed by atoms with E-state index >= 15 is 0 Å². The van der Waals surface area contributed by atoms with Gasteiger partial charge in [0.1, 0.15) is 5.82 Å². The Kier molecular flexibility index (Phi) is 3.62. The van der Waals surface area contributed by atoms with Gasteiger partial charge in [0.05, 0.1) is 28.2 Å². The molecule has 3 rings (SSSR count). The second kappa shape index (κ2) is 5.58. The fourth-order valence-electron chi connectivity index (χ4n) is 2.16. The number of para-hydroxylation sites is 1. The summed E-state index contributed by atoms with van der Waals surface area (Å²) >= 11 is 6.17. The minimum Gasteiger partial charge on any atom is -0.377 e. The molecule has 0 saturated heterocycles. The van der Waals surface area contributed by atoms with Crippen LogP contribution in [0.15, 0.2) is 47.3 Å². The van der Waals surface area contributed by atoms with E-state index in [9.17, 15) is 4.79 Å². The molecule has 4 nitrogen and oxygen atoms in total. The molecule has 0 fully saturated rings. The molecule has 1 heterocycles. The lowest BCUT2D eigenvalue weighted by atomic mass is 10.2. The highest BCUT2D eigenvalue weighted by Gasteiger charge is 2.04. The number of rotatable bonds is 3. The zero-order chi connectivity index (χ0) is 14.8. The van der Waals surface area contributed by atoms with Gasteiger partial charge >= 0.3 is 0 Å². The molecular weight excluding hydrogens is 286 g/mol. The molecule has 21 heavy (non-hydrogen) atoms. The maximum Gasteiger partial charge on any atom is 0.258 e. The van der Waals surface area contributed by atoms with Gasteiger partial charge in [-0.2, -0.15) is 0 Å². The van der Waals surface area contributed by atoms with Gasteiger partial charge in [0, 0.05) is 0 Å². The summed E-state index contributed by atoms with van der Waals surface area (Å²) in [5.74, 6) is 0.579. The maximum absolute atomic E-state index is 12.0. The number of anilines is 1. The average Bonchev–Trinajstić information content (AvgIpc) is 2.46. The molecule has 0 aliphatic rings. The van der Waals surface area contributed by atoms with Crippen LogP contribution in [0.25, 0.3) is 10.9 Å². The van der Waals surface area contributed by atoms with E-state index in [1.165, 1.54) is 0 Å². The molecule has 0 saturated carbocycles. The van der Waals surface area contributed by atoms with Gasteiger partial charge < -0.3 is 10.3 Å². The number of aromatic amines is 1. The highest BCUT2D eigenvalue weighted by atomic mass is 35.5. The highest BCUT2D eigenvalue weighted by molar-refractivity contribution is 6.33. The van der Waals surface area contributed by atoms with Crippen molar-refractivity contribution in [2.75, 3.05) is 5.32 Å². The molecule has 0 aliphatic heterocycles. The van der Waals surface area contributed by atoms with Crippen molar-refractivity contribution in [1.29, 1.82) is 0 Å². The summed E-state index contributed by atoms with van der Waals surface area (Å²) in [6, 6.07) is 13.1. The minimum absolute atomic E-state index is 0.132. The zero-order valence-corrected chi connectivity index (χ0v) is 12.2. The van der Waals surface area contributed by atoms with E-state index in [-0.39, 0.29) is 5.56 Å². The lowest BCUT2D eigenvalue weighted by Crippen LogP contribution is -2.14. The van der Waals surface area contributed by atoms with Crippen molar-refractivity contribution in [3.8, 4) is 0 Å². The molecule has 2 N–H and O–H groups in total. The van der Waals surface area contributed by atoms with Crippen LogP contribution >= 0.6 is 11.6 Å². The number of hydrogen-bond acceptors (Lipinski definition) is 3. The van der Waals surface area contributed by atoms with Crippen molar-refractivity contribution in [2.24, 2.45) is 0 Å². The second-order valence-corrected chi connectivity index (χ2v) is 5.27. The third-order valence-electron chi connectivity index (χ3n) is 3.23. The number of nitrogens with one attached hydrogen (secondary N) is 2. The number of aryl methyl sites for hydroxylation is 1. The first-order valence-corrected chi connectivity index (χ1v) is 6.99. The Hall–Kier alpha value is -2.33. The molecule has 0 amide bonds. The number of hydrogen-bond donors (Lipinski definition) is 2. The Morgan fingerprint density at radius 2 is 2.05 bits per heavy atom. The van der Waals surface area contributed by atoms with Crippen LogP contribution in [-0.2, 0) is 6.54 Å². The molecule has 1 aromatic heterocycles. The van der Waals surface area contributed by atoms with E-state index in [2.05, 4.69) is 15.3 Å². The van der Waals surface area contributed by atoms with Crippen molar-refractivity contribution in [3.63, 3.8) is 0 Å². The summed E-state index contributed by atoms with van der Waals surface area (Å²) in [6.07, 6.45) is 0. The Balaban J connectivity index is 1.87. The monoisotopic (exact) mass is 299 g/mol. The largest absolute Gasteiger partial charge is 0.377 e. The fraction of sp³-hybridized carbons (Fsp3) is 0.125. The average molecular weight is 300 g/mol. The molecule has 0 unspecified atom stereocenters. The van der Waals surface area contributed by atoms with Gasteiger partial charge in [-0.05, 0) is 36.8 Å². The number of benzene rings is 2. The molecule has 2 aromatic carbocycles. The lowest BCUT2D eigenvalue weighted by Gasteiger charge is -2.09. The summed E-state index contributed by atoms with van der Waals surface area (Å²) in [5, 5.41) is 4.43. The van der Waals surface area contributed by atoms with Crippen molar-refractivity contribution >= 4 is 28.2 Å². The fourth-order valence-corrected chi connectivity index (χ4v) is 2.46. The molecular formula is C16H14ClN3O. The van der Waals surface area contributed by atoms with Gasteiger partial charge in [-0.25, -0.2) is 4.98 Å². The second-order valence-electron chi connectivity index (χ2n) is 4.87. The molecule has 106 valence electrons. The standard InChI is InChI=1S/C16H14ClN3O/c1-10-6-7-14(12(17)8-10)18-9-15-19-13-5-3-2-4-11(13)16(21)20-15/h2-8,18H,9H2,1H3,(H,19,20,21). The first kappa shape index (κ1) is 13.6. The highest BCUT2D eigenvalue weighted by Crippen LogP contribution is 2.22.